The Labute approximate surface area is 237 Å². The van der Waals surface area contributed by atoms with Gasteiger partial charge in [0.05, 0.1) is 26.9 Å². The van der Waals surface area contributed by atoms with Gasteiger partial charge in [0.15, 0.2) is 0 Å². The molecular formula is C36H20N4S. The Bertz CT molecular complexity index is 2640. The van der Waals surface area contributed by atoms with Crippen molar-refractivity contribution in [3.8, 4) is 17.2 Å². The maximum absolute atomic E-state index is 5.18. The van der Waals surface area contributed by atoms with Crippen molar-refractivity contribution in [2.45, 2.75) is 0 Å². The Balaban J connectivity index is 1.46. The van der Waals surface area contributed by atoms with Gasteiger partial charge in [-0.15, -0.1) is 11.3 Å². The number of thiophene rings is 1. The third-order valence-electron chi connectivity index (χ3n) is 8.55. The minimum Gasteiger partial charge on any atom is -0.354 e. The lowest BCUT2D eigenvalue weighted by molar-refractivity contribution is 0.996. The number of hydrogen-bond donors (Lipinski definition) is 1. The van der Waals surface area contributed by atoms with Crippen molar-refractivity contribution in [2.75, 3.05) is 0 Å². The van der Waals surface area contributed by atoms with Crippen molar-refractivity contribution in [3.05, 3.63) is 115 Å². The zero-order chi connectivity index (χ0) is 26.7. The molecule has 10 rings (SSSR count). The van der Waals surface area contributed by atoms with Crippen molar-refractivity contribution >= 4 is 85.9 Å². The lowest BCUT2D eigenvalue weighted by Crippen LogP contribution is -2.01. The summed E-state index contributed by atoms with van der Waals surface area (Å²) >= 11 is 1.86. The molecule has 0 aliphatic heterocycles. The average Bonchev–Trinajstić information content (AvgIpc) is 3.70. The van der Waals surface area contributed by atoms with E-state index in [-0.39, 0.29) is 0 Å². The molecule has 4 aromatic heterocycles. The van der Waals surface area contributed by atoms with Gasteiger partial charge in [0.25, 0.3) is 0 Å². The topological polar surface area (TPSA) is 46.5 Å². The van der Waals surface area contributed by atoms with E-state index in [0.29, 0.717) is 5.95 Å². The molecule has 0 radical (unpaired) electrons. The average molecular weight is 541 g/mol. The number of benzene rings is 6. The summed E-state index contributed by atoms with van der Waals surface area (Å²) in [5.74, 6) is 0.689. The van der Waals surface area contributed by atoms with Crippen LogP contribution in [0.15, 0.2) is 115 Å². The molecule has 0 aliphatic carbocycles. The molecule has 0 amide bonds. The summed E-state index contributed by atoms with van der Waals surface area (Å²) in [6.07, 6.45) is 1.89. The fraction of sp³-hybridized carbons (Fsp3) is 0. The van der Waals surface area contributed by atoms with Gasteiger partial charge in [0.2, 0.25) is 5.95 Å². The van der Waals surface area contributed by atoms with Crippen LogP contribution in [0.25, 0.3) is 91.8 Å². The fourth-order valence-electron chi connectivity index (χ4n) is 6.80. The van der Waals surface area contributed by atoms with E-state index >= 15 is 0 Å². The summed E-state index contributed by atoms with van der Waals surface area (Å²) in [6, 6.07) is 38.9. The first-order valence-electron chi connectivity index (χ1n) is 13.8. The van der Waals surface area contributed by atoms with Gasteiger partial charge in [-0.2, -0.15) is 0 Å². The minimum absolute atomic E-state index is 0.689. The van der Waals surface area contributed by atoms with Crippen molar-refractivity contribution in [1.82, 2.24) is 19.5 Å². The quantitative estimate of drug-likeness (QED) is 0.222. The van der Waals surface area contributed by atoms with Crippen molar-refractivity contribution in [1.29, 1.82) is 0 Å². The highest BCUT2D eigenvalue weighted by molar-refractivity contribution is 7.26. The van der Waals surface area contributed by atoms with Gasteiger partial charge in [-0.05, 0) is 35.7 Å². The highest BCUT2D eigenvalue weighted by atomic mass is 32.1. The predicted molar refractivity (Wildman–Crippen MR) is 173 cm³/mol. The molecule has 0 saturated heterocycles. The summed E-state index contributed by atoms with van der Waals surface area (Å²) in [5, 5.41) is 10.00. The molecule has 1 N–H and O–H groups in total. The van der Waals surface area contributed by atoms with Crippen molar-refractivity contribution in [3.63, 3.8) is 0 Å². The molecule has 0 bridgehead atoms. The largest absolute Gasteiger partial charge is 0.354 e. The number of para-hydroxylation sites is 1. The van der Waals surface area contributed by atoms with Gasteiger partial charge in [-0.3, -0.25) is 4.57 Å². The molecule has 6 aromatic carbocycles. The third-order valence-corrected chi connectivity index (χ3v) is 9.75. The molecule has 0 atom stereocenters. The highest BCUT2D eigenvalue weighted by Crippen LogP contribution is 2.48. The summed E-state index contributed by atoms with van der Waals surface area (Å²) in [4.78, 5) is 13.8. The Hall–Kier alpha value is -5.26. The molecule has 0 saturated carbocycles. The molecule has 4 heterocycles. The molecule has 10 aromatic rings. The number of rotatable bonds is 2. The van der Waals surface area contributed by atoms with E-state index in [1.165, 1.54) is 63.5 Å². The zero-order valence-corrected chi connectivity index (χ0v) is 22.5. The van der Waals surface area contributed by atoms with Crippen LogP contribution < -0.4 is 0 Å². The van der Waals surface area contributed by atoms with Crippen LogP contribution in [0.3, 0.4) is 0 Å². The van der Waals surface area contributed by atoms with E-state index in [4.69, 9.17) is 9.97 Å². The number of nitrogens with zero attached hydrogens (tertiary/aromatic N) is 3. The first kappa shape index (κ1) is 21.5. The van der Waals surface area contributed by atoms with Crippen LogP contribution >= 0.6 is 11.3 Å². The van der Waals surface area contributed by atoms with Crippen LogP contribution in [0.5, 0.6) is 0 Å². The number of aromatic nitrogens is 4. The van der Waals surface area contributed by atoms with E-state index in [0.717, 1.165) is 22.3 Å². The van der Waals surface area contributed by atoms with Crippen LogP contribution in [0.4, 0.5) is 0 Å². The third kappa shape index (κ3) is 2.78. The number of H-pyrrole nitrogens is 1. The monoisotopic (exact) mass is 540 g/mol. The van der Waals surface area contributed by atoms with Crippen molar-refractivity contribution in [2.24, 2.45) is 0 Å². The first-order valence-corrected chi connectivity index (χ1v) is 14.6. The van der Waals surface area contributed by atoms with Gasteiger partial charge < -0.3 is 4.98 Å². The van der Waals surface area contributed by atoms with Gasteiger partial charge in [-0.25, -0.2) is 9.97 Å². The Morgan fingerprint density at radius 2 is 1.49 bits per heavy atom. The van der Waals surface area contributed by atoms with Crippen LogP contribution in [0, 0.1) is 0 Å². The smallest absolute Gasteiger partial charge is 0.235 e. The van der Waals surface area contributed by atoms with E-state index in [2.05, 4.69) is 107 Å². The molecule has 0 fully saturated rings. The summed E-state index contributed by atoms with van der Waals surface area (Å²) in [7, 11) is 0. The van der Waals surface area contributed by atoms with E-state index in [1.54, 1.807) is 0 Å². The van der Waals surface area contributed by atoms with E-state index in [9.17, 15) is 0 Å². The molecule has 0 unspecified atom stereocenters. The van der Waals surface area contributed by atoms with E-state index in [1.807, 2.05) is 29.7 Å². The second-order valence-corrected chi connectivity index (χ2v) is 11.8. The predicted octanol–water partition coefficient (Wildman–Crippen LogP) is 9.83. The molecule has 5 heteroatoms. The zero-order valence-electron chi connectivity index (χ0n) is 21.7. The summed E-state index contributed by atoms with van der Waals surface area (Å²) < 4.78 is 4.87. The first-order chi connectivity index (χ1) is 20.3. The van der Waals surface area contributed by atoms with Crippen LogP contribution in [0.1, 0.15) is 0 Å². The number of nitrogens with one attached hydrogen (secondary N) is 1. The lowest BCUT2D eigenvalue weighted by atomic mass is 9.98. The van der Waals surface area contributed by atoms with Gasteiger partial charge in [0, 0.05) is 59.7 Å². The van der Waals surface area contributed by atoms with Gasteiger partial charge in [-0.1, -0.05) is 78.9 Å². The van der Waals surface area contributed by atoms with Crippen LogP contribution in [0.2, 0.25) is 0 Å². The Kier molecular flexibility index (Phi) is 4.04. The number of aromatic amines is 1. The van der Waals surface area contributed by atoms with Crippen molar-refractivity contribution < 1.29 is 0 Å². The van der Waals surface area contributed by atoms with E-state index < -0.39 is 0 Å². The Morgan fingerprint density at radius 1 is 0.659 bits per heavy atom. The summed E-state index contributed by atoms with van der Waals surface area (Å²) in [6.45, 7) is 0. The summed E-state index contributed by atoms with van der Waals surface area (Å²) in [5.41, 5.74) is 6.63. The molecule has 41 heavy (non-hydrogen) atoms. The number of hydrogen-bond acceptors (Lipinski definition) is 3. The molecular weight excluding hydrogens is 520 g/mol. The maximum Gasteiger partial charge on any atom is 0.235 e. The Morgan fingerprint density at radius 3 is 2.41 bits per heavy atom. The van der Waals surface area contributed by atoms with Crippen LogP contribution in [-0.4, -0.2) is 19.5 Å². The number of fused-ring (bicyclic) bond motifs is 8. The van der Waals surface area contributed by atoms with Gasteiger partial charge >= 0.3 is 0 Å². The molecule has 0 spiro atoms. The van der Waals surface area contributed by atoms with Crippen LogP contribution in [-0.2, 0) is 0 Å². The fourth-order valence-corrected chi connectivity index (χ4v) is 8.02. The lowest BCUT2D eigenvalue weighted by Gasteiger charge is -2.09. The minimum atomic E-state index is 0.689. The normalized spacial score (nSPS) is 12.4. The second-order valence-electron chi connectivity index (χ2n) is 10.7. The molecule has 0 aliphatic rings. The standard InChI is InChI=1S/C36H20N4S/c1-2-8-20(9-3-1)27-16-17-37-36(39-27)40-29-19-25-22-10-4-6-12-28(22)38-33(25)24-15-14-21-18-26-23-11-5-7-13-30(23)41-35(26)34(40)31(21)32(24)29/h1-19,38H. The molecule has 4 nitrogen and oxygen atoms in total. The SMILES string of the molecule is c1ccc(-c2ccnc(-n3c4cc5c6ccccc6[nH]c5c5ccc6cc7c8ccccc8sc7c3c6c54)n2)cc1. The second kappa shape index (κ2) is 7.68. The highest BCUT2D eigenvalue weighted by Gasteiger charge is 2.24. The van der Waals surface area contributed by atoms with Gasteiger partial charge in [0.1, 0.15) is 0 Å². The molecule has 190 valence electrons. The maximum atomic E-state index is 5.18.